The number of anilines is 2. The van der Waals surface area contributed by atoms with Gasteiger partial charge in [-0.15, -0.1) is 11.3 Å². The van der Waals surface area contributed by atoms with Crippen molar-refractivity contribution in [2.75, 3.05) is 10.6 Å². The Bertz CT molecular complexity index is 1120. The number of hydrogen-bond donors (Lipinski definition) is 2. The third-order valence-corrected chi connectivity index (χ3v) is 6.36. The number of furan rings is 1. The van der Waals surface area contributed by atoms with Crippen LogP contribution < -0.4 is 10.6 Å². The van der Waals surface area contributed by atoms with E-state index >= 15 is 0 Å². The monoisotopic (exact) mass is 448 g/mol. The molecule has 2 amide bonds. The van der Waals surface area contributed by atoms with Crippen molar-refractivity contribution in [2.24, 2.45) is 5.92 Å². The number of amides is 2. The van der Waals surface area contributed by atoms with Crippen LogP contribution in [-0.2, 0) is 19.0 Å². The number of carbonyl (C=O) groups is 2. The Morgan fingerprint density at radius 2 is 1.94 bits per heavy atom. The van der Waals surface area contributed by atoms with Gasteiger partial charge in [-0.2, -0.15) is 13.2 Å². The molecule has 0 spiro atoms. The van der Waals surface area contributed by atoms with E-state index in [0.717, 1.165) is 41.8 Å². The van der Waals surface area contributed by atoms with Crippen LogP contribution in [0, 0.1) is 5.92 Å². The molecule has 0 aliphatic heterocycles. The molecule has 0 saturated carbocycles. The lowest BCUT2D eigenvalue weighted by Gasteiger charge is -2.16. The number of rotatable bonds is 4. The van der Waals surface area contributed by atoms with Crippen LogP contribution in [0.5, 0.6) is 0 Å². The SMILES string of the molecule is CC1CCc2sc(C(=O)Nc3ccc(NC(=O)c4ccco4)cc3C(F)(F)F)cc2C1. The van der Waals surface area contributed by atoms with E-state index in [1.807, 2.05) is 0 Å². The van der Waals surface area contributed by atoms with Crippen LogP contribution in [0.1, 0.15) is 49.6 Å². The molecule has 162 valence electrons. The van der Waals surface area contributed by atoms with Gasteiger partial charge in [0.25, 0.3) is 11.8 Å². The molecule has 2 aromatic heterocycles. The van der Waals surface area contributed by atoms with Crippen molar-refractivity contribution in [1.29, 1.82) is 0 Å². The summed E-state index contributed by atoms with van der Waals surface area (Å²) in [6.07, 6.45) is -0.642. The van der Waals surface area contributed by atoms with Gasteiger partial charge in [0.05, 0.1) is 22.4 Å². The number of benzene rings is 1. The summed E-state index contributed by atoms with van der Waals surface area (Å²) < 4.78 is 45.9. The first-order chi connectivity index (χ1) is 14.7. The minimum atomic E-state index is -4.72. The second kappa shape index (κ2) is 8.22. The van der Waals surface area contributed by atoms with Gasteiger partial charge < -0.3 is 15.1 Å². The molecule has 1 aromatic carbocycles. The molecule has 1 aliphatic carbocycles. The van der Waals surface area contributed by atoms with Crippen molar-refractivity contribution in [3.05, 3.63) is 69.3 Å². The highest BCUT2D eigenvalue weighted by molar-refractivity contribution is 7.14. The van der Waals surface area contributed by atoms with Crippen LogP contribution in [0.25, 0.3) is 0 Å². The molecule has 0 radical (unpaired) electrons. The number of alkyl halides is 3. The van der Waals surface area contributed by atoms with Crippen LogP contribution in [0.2, 0.25) is 0 Å². The lowest BCUT2D eigenvalue weighted by atomic mass is 9.90. The van der Waals surface area contributed by atoms with Gasteiger partial charge >= 0.3 is 6.18 Å². The van der Waals surface area contributed by atoms with Gasteiger partial charge in [0.15, 0.2) is 5.76 Å². The lowest BCUT2D eigenvalue weighted by molar-refractivity contribution is -0.136. The van der Waals surface area contributed by atoms with Gasteiger partial charge in [0.1, 0.15) is 0 Å². The van der Waals surface area contributed by atoms with E-state index in [4.69, 9.17) is 4.42 Å². The molecular weight excluding hydrogens is 429 g/mol. The molecule has 9 heteroatoms. The Hall–Kier alpha value is -3.07. The Labute approximate surface area is 180 Å². The average molecular weight is 448 g/mol. The predicted octanol–water partition coefficient (Wildman–Crippen LogP) is 5.99. The molecular formula is C22H19F3N2O3S. The van der Waals surface area contributed by atoms with Gasteiger partial charge in [0.2, 0.25) is 0 Å². The van der Waals surface area contributed by atoms with Crippen LogP contribution in [-0.4, -0.2) is 11.8 Å². The second-order valence-corrected chi connectivity index (χ2v) is 8.69. The molecule has 31 heavy (non-hydrogen) atoms. The van der Waals surface area contributed by atoms with Crippen molar-refractivity contribution >= 4 is 34.5 Å². The summed E-state index contributed by atoms with van der Waals surface area (Å²) in [6.45, 7) is 2.14. The van der Waals surface area contributed by atoms with E-state index in [1.165, 1.54) is 35.8 Å². The molecule has 1 unspecified atom stereocenters. The summed E-state index contributed by atoms with van der Waals surface area (Å²) in [6, 6.07) is 7.89. The fourth-order valence-corrected chi connectivity index (χ4v) is 4.67. The summed E-state index contributed by atoms with van der Waals surface area (Å²) in [5.74, 6) is -0.751. The molecule has 0 saturated heterocycles. The maximum absolute atomic E-state index is 13.6. The zero-order chi connectivity index (χ0) is 22.2. The van der Waals surface area contributed by atoms with Gasteiger partial charge in [-0.3, -0.25) is 9.59 Å². The van der Waals surface area contributed by atoms with Crippen LogP contribution in [0.15, 0.2) is 47.1 Å². The highest BCUT2D eigenvalue weighted by Gasteiger charge is 2.35. The zero-order valence-corrected chi connectivity index (χ0v) is 17.3. The van der Waals surface area contributed by atoms with E-state index < -0.39 is 23.6 Å². The molecule has 0 fully saturated rings. The summed E-state index contributed by atoms with van der Waals surface area (Å²) in [5, 5.41) is 4.74. The summed E-state index contributed by atoms with van der Waals surface area (Å²) in [7, 11) is 0. The predicted molar refractivity (Wildman–Crippen MR) is 112 cm³/mol. The van der Waals surface area contributed by atoms with Crippen LogP contribution >= 0.6 is 11.3 Å². The first-order valence-corrected chi connectivity index (χ1v) is 10.5. The first-order valence-electron chi connectivity index (χ1n) is 9.69. The van der Waals surface area contributed by atoms with Crippen LogP contribution in [0.3, 0.4) is 0 Å². The number of halogens is 3. The van der Waals surface area contributed by atoms with Crippen molar-refractivity contribution in [2.45, 2.75) is 32.4 Å². The Morgan fingerprint density at radius 1 is 1.13 bits per heavy atom. The minimum Gasteiger partial charge on any atom is -0.459 e. The van der Waals surface area contributed by atoms with E-state index in [-0.39, 0.29) is 17.1 Å². The summed E-state index contributed by atoms with van der Waals surface area (Å²) in [5.41, 5.74) is -0.380. The van der Waals surface area contributed by atoms with Crippen molar-refractivity contribution in [3.63, 3.8) is 0 Å². The quantitative estimate of drug-likeness (QED) is 0.515. The van der Waals surface area contributed by atoms with E-state index in [9.17, 15) is 22.8 Å². The maximum Gasteiger partial charge on any atom is 0.418 e. The lowest BCUT2D eigenvalue weighted by Crippen LogP contribution is -2.17. The summed E-state index contributed by atoms with van der Waals surface area (Å²) in [4.78, 5) is 26.2. The number of nitrogens with one attached hydrogen (secondary N) is 2. The number of fused-ring (bicyclic) bond motifs is 1. The smallest absolute Gasteiger partial charge is 0.418 e. The second-order valence-electron chi connectivity index (χ2n) is 7.55. The number of hydrogen-bond acceptors (Lipinski definition) is 4. The molecule has 0 bridgehead atoms. The zero-order valence-electron chi connectivity index (χ0n) is 16.5. The van der Waals surface area contributed by atoms with Crippen molar-refractivity contribution in [1.82, 2.24) is 0 Å². The highest BCUT2D eigenvalue weighted by Crippen LogP contribution is 2.38. The maximum atomic E-state index is 13.6. The van der Waals surface area contributed by atoms with Gasteiger partial charge in [-0.1, -0.05) is 6.92 Å². The van der Waals surface area contributed by atoms with E-state index in [2.05, 4.69) is 17.6 Å². The topological polar surface area (TPSA) is 71.3 Å². The number of aryl methyl sites for hydroxylation is 1. The Morgan fingerprint density at radius 3 is 2.65 bits per heavy atom. The molecule has 1 aliphatic rings. The molecule has 3 aromatic rings. The molecule has 1 atom stereocenters. The van der Waals surface area contributed by atoms with Gasteiger partial charge in [-0.05, 0) is 67.1 Å². The number of carbonyl (C=O) groups excluding carboxylic acids is 2. The highest BCUT2D eigenvalue weighted by atomic mass is 32.1. The Balaban J connectivity index is 1.56. The fraction of sp³-hybridized carbons (Fsp3) is 0.273. The number of thiophene rings is 1. The molecule has 4 rings (SSSR count). The largest absolute Gasteiger partial charge is 0.459 e. The van der Waals surface area contributed by atoms with Crippen LogP contribution in [0.4, 0.5) is 24.5 Å². The normalized spacial score (nSPS) is 15.9. The van der Waals surface area contributed by atoms with Crippen molar-refractivity contribution in [3.8, 4) is 0 Å². The fourth-order valence-electron chi connectivity index (χ4n) is 3.57. The third-order valence-electron chi connectivity index (χ3n) is 5.13. The summed E-state index contributed by atoms with van der Waals surface area (Å²) >= 11 is 1.33. The first kappa shape index (κ1) is 21.2. The molecule has 2 N–H and O–H groups in total. The Kier molecular flexibility index (Phi) is 5.62. The van der Waals surface area contributed by atoms with E-state index in [0.29, 0.717) is 10.8 Å². The average Bonchev–Trinajstić information content (AvgIpc) is 3.37. The molecule has 5 nitrogen and oxygen atoms in total. The van der Waals surface area contributed by atoms with Crippen molar-refractivity contribution < 1.29 is 27.2 Å². The van der Waals surface area contributed by atoms with Gasteiger partial charge in [0, 0.05) is 10.6 Å². The standard InChI is InChI=1S/C22H19F3N2O3S/c1-12-4-7-18-13(9-12)10-19(31-18)21(29)27-16-6-5-14(11-15(16)22(23,24)25)26-20(28)17-3-2-8-30-17/h2-3,5-6,8,10-12H,4,7,9H2,1H3,(H,26,28)(H,27,29). The van der Waals surface area contributed by atoms with Gasteiger partial charge in [-0.25, -0.2) is 0 Å². The third kappa shape index (κ3) is 4.66. The van der Waals surface area contributed by atoms with E-state index in [1.54, 1.807) is 6.07 Å². The molecule has 2 heterocycles. The minimum absolute atomic E-state index is 0.0260.